The van der Waals surface area contributed by atoms with Crippen molar-refractivity contribution in [2.75, 3.05) is 33.1 Å². The van der Waals surface area contributed by atoms with Crippen molar-refractivity contribution in [1.82, 2.24) is 4.90 Å². The molecule has 148 valence electrons. The van der Waals surface area contributed by atoms with Crippen molar-refractivity contribution in [2.24, 2.45) is 16.6 Å². The molecule has 1 aliphatic heterocycles. The number of amides is 1. The molecule has 2 aromatic rings. The Morgan fingerprint density at radius 2 is 1.89 bits per heavy atom. The summed E-state index contributed by atoms with van der Waals surface area (Å²) in [4.78, 5) is 18.5. The Balaban J connectivity index is 1.70. The van der Waals surface area contributed by atoms with Gasteiger partial charge in [-0.15, -0.1) is 0 Å². The monoisotopic (exact) mass is 382 g/mol. The summed E-state index contributed by atoms with van der Waals surface area (Å²) in [7, 11) is 5.01. The second-order valence-electron chi connectivity index (χ2n) is 6.75. The number of methoxy groups -OCH3 is 2. The Bertz CT molecular complexity index is 854. The number of aliphatic imine (C=N–C) groups is 1. The van der Waals surface area contributed by atoms with Crippen LogP contribution in [0.15, 0.2) is 53.5 Å². The quantitative estimate of drug-likeness (QED) is 0.592. The Kier molecular flexibility index (Phi) is 6.03. The smallest absolute Gasteiger partial charge is 0.223 e. The van der Waals surface area contributed by atoms with Crippen LogP contribution in [0.3, 0.4) is 0 Å². The van der Waals surface area contributed by atoms with E-state index in [9.17, 15) is 4.79 Å². The summed E-state index contributed by atoms with van der Waals surface area (Å²) in [6.45, 7) is 0.460. The fourth-order valence-corrected chi connectivity index (χ4v) is 3.58. The second kappa shape index (κ2) is 8.65. The molecule has 1 amide bonds. The van der Waals surface area contributed by atoms with E-state index in [0.717, 1.165) is 11.3 Å². The van der Waals surface area contributed by atoms with Gasteiger partial charge in [0.2, 0.25) is 5.91 Å². The molecule has 0 radical (unpaired) electrons. The summed E-state index contributed by atoms with van der Waals surface area (Å²) in [5.74, 6) is 1.74. The molecule has 1 saturated heterocycles. The third kappa shape index (κ3) is 4.19. The molecular weight excluding hydrogens is 356 g/mol. The van der Waals surface area contributed by atoms with Crippen LogP contribution in [0.25, 0.3) is 0 Å². The van der Waals surface area contributed by atoms with E-state index in [-0.39, 0.29) is 17.9 Å². The molecule has 28 heavy (non-hydrogen) atoms. The van der Waals surface area contributed by atoms with Gasteiger partial charge >= 0.3 is 0 Å². The minimum atomic E-state index is 0.00586. The van der Waals surface area contributed by atoms with Crippen molar-refractivity contribution in [3.63, 3.8) is 0 Å². The molecule has 0 aliphatic carbocycles. The highest BCUT2D eigenvalue weighted by molar-refractivity contribution is 5.92. The van der Waals surface area contributed by atoms with E-state index >= 15 is 0 Å². The number of hydrogen-bond donors (Lipinski definition) is 2. The lowest BCUT2D eigenvalue weighted by atomic mass is 9.94. The highest BCUT2D eigenvalue weighted by atomic mass is 16.5. The van der Waals surface area contributed by atoms with Crippen LogP contribution in [0.5, 0.6) is 11.5 Å². The standard InChI is InChI=1S/C21H26N4O3/c1-25-19(26)11-15(20(25)14-7-5-4-6-8-14)13-23-21(22)24-16-9-10-17(27-2)18(12-16)28-3/h4-10,12,15,20H,11,13H2,1-3H3,(H3,22,23,24). The predicted molar refractivity (Wildman–Crippen MR) is 110 cm³/mol. The van der Waals surface area contributed by atoms with Crippen LogP contribution < -0.4 is 20.5 Å². The van der Waals surface area contributed by atoms with E-state index < -0.39 is 0 Å². The largest absolute Gasteiger partial charge is 0.493 e. The van der Waals surface area contributed by atoms with E-state index in [0.29, 0.717) is 30.4 Å². The molecule has 7 heteroatoms. The van der Waals surface area contributed by atoms with Crippen LogP contribution in [0, 0.1) is 5.92 Å². The van der Waals surface area contributed by atoms with Crippen LogP contribution in [-0.2, 0) is 4.79 Å². The molecule has 3 N–H and O–H groups in total. The molecule has 1 heterocycles. The van der Waals surface area contributed by atoms with Crippen molar-refractivity contribution >= 4 is 17.6 Å². The second-order valence-corrected chi connectivity index (χ2v) is 6.75. The van der Waals surface area contributed by atoms with Crippen LogP contribution in [0.2, 0.25) is 0 Å². The molecule has 0 saturated carbocycles. The van der Waals surface area contributed by atoms with E-state index in [4.69, 9.17) is 15.2 Å². The number of guanidine groups is 1. The summed E-state index contributed by atoms with van der Waals surface area (Å²) in [5.41, 5.74) is 7.93. The molecule has 0 aromatic heterocycles. The first kappa shape index (κ1) is 19.5. The minimum absolute atomic E-state index is 0.00586. The molecule has 2 aromatic carbocycles. The van der Waals surface area contributed by atoms with E-state index in [1.54, 1.807) is 31.3 Å². The fourth-order valence-electron chi connectivity index (χ4n) is 3.58. The molecule has 0 bridgehead atoms. The maximum Gasteiger partial charge on any atom is 0.223 e. The van der Waals surface area contributed by atoms with Crippen LogP contribution in [0.4, 0.5) is 5.69 Å². The predicted octanol–water partition coefficient (Wildman–Crippen LogP) is 2.65. The van der Waals surface area contributed by atoms with Gasteiger partial charge in [0.05, 0.1) is 20.3 Å². The first-order valence-corrected chi connectivity index (χ1v) is 9.13. The lowest BCUT2D eigenvalue weighted by Crippen LogP contribution is -2.27. The zero-order chi connectivity index (χ0) is 20.1. The number of benzene rings is 2. The summed E-state index contributed by atoms with van der Waals surface area (Å²) >= 11 is 0. The van der Waals surface area contributed by atoms with Gasteiger partial charge in [0.1, 0.15) is 0 Å². The van der Waals surface area contributed by atoms with Crippen LogP contribution in [0.1, 0.15) is 18.0 Å². The average Bonchev–Trinajstić information content (AvgIpc) is 3.00. The van der Waals surface area contributed by atoms with Gasteiger partial charge in [0, 0.05) is 37.7 Å². The molecule has 1 fully saturated rings. The zero-order valence-electron chi connectivity index (χ0n) is 16.4. The van der Waals surface area contributed by atoms with Crippen molar-refractivity contribution in [1.29, 1.82) is 0 Å². The number of carbonyl (C=O) groups is 1. The Morgan fingerprint density at radius 1 is 1.18 bits per heavy atom. The molecule has 2 atom stereocenters. The van der Waals surface area contributed by atoms with Gasteiger partial charge in [-0.3, -0.25) is 9.79 Å². The van der Waals surface area contributed by atoms with Crippen LogP contribution in [-0.4, -0.2) is 44.6 Å². The third-order valence-corrected chi connectivity index (χ3v) is 4.99. The Morgan fingerprint density at radius 3 is 2.57 bits per heavy atom. The topological polar surface area (TPSA) is 89.2 Å². The Labute approximate surface area is 165 Å². The number of anilines is 1. The third-order valence-electron chi connectivity index (χ3n) is 4.99. The van der Waals surface area contributed by atoms with Gasteiger partial charge in [-0.2, -0.15) is 0 Å². The maximum atomic E-state index is 12.2. The fraction of sp³-hybridized carbons (Fsp3) is 0.333. The maximum absolute atomic E-state index is 12.2. The number of nitrogens with one attached hydrogen (secondary N) is 1. The van der Waals surface area contributed by atoms with Crippen molar-refractivity contribution in [3.8, 4) is 11.5 Å². The normalized spacial score (nSPS) is 19.6. The van der Waals surface area contributed by atoms with Gasteiger partial charge in [-0.25, -0.2) is 0 Å². The summed E-state index contributed by atoms with van der Waals surface area (Å²) in [5, 5.41) is 3.06. The molecular formula is C21H26N4O3. The number of hydrogen-bond acceptors (Lipinski definition) is 4. The number of carbonyl (C=O) groups excluding carboxylic acids is 1. The van der Waals surface area contributed by atoms with Crippen LogP contribution >= 0.6 is 0 Å². The number of likely N-dealkylation sites (tertiary alicyclic amines) is 1. The molecule has 2 unspecified atom stereocenters. The lowest BCUT2D eigenvalue weighted by Gasteiger charge is -2.24. The van der Waals surface area contributed by atoms with Crippen molar-refractivity contribution in [3.05, 3.63) is 54.1 Å². The van der Waals surface area contributed by atoms with Crippen molar-refractivity contribution in [2.45, 2.75) is 12.5 Å². The van der Waals surface area contributed by atoms with Crippen molar-refractivity contribution < 1.29 is 14.3 Å². The molecule has 7 nitrogen and oxygen atoms in total. The van der Waals surface area contributed by atoms with Gasteiger partial charge < -0.3 is 25.4 Å². The highest BCUT2D eigenvalue weighted by Crippen LogP contribution is 2.37. The summed E-state index contributed by atoms with van der Waals surface area (Å²) in [6.07, 6.45) is 0.462. The van der Waals surface area contributed by atoms with E-state index in [1.807, 2.05) is 43.4 Å². The molecule has 0 spiro atoms. The zero-order valence-corrected chi connectivity index (χ0v) is 16.4. The number of nitrogens with zero attached hydrogens (tertiary/aromatic N) is 2. The van der Waals surface area contributed by atoms with Gasteiger partial charge in [-0.1, -0.05) is 30.3 Å². The lowest BCUT2D eigenvalue weighted by molar-refractivity contribution is -0.127. The Hall–Kier alpha value is -3.22. The summed E-state index contributed by atoms with van der Waals surface area (Å²) in [6, 6.07) is 15.5. The van der Waals surface area contributed by atoms with Gasteiger partial charge in [0.25, 0.3) is 0 Å². The van der Waals surface area contributed by atoms with Gasteiger partial charge in [0.15, 0.2) is 17.5 Å². The van der Waals surface area contributed by atoms with Gasteiger partial charge in [-0.05, 0) is 17.7 Å². The number of nitrogens with two attached hydrogens (primary N) is 1. The number of ether oxygens (including phenoxy) is 2. The highest BCUT2D eigenvalue weighted by Gasteiger charge is 2.38. The van der Waals surface area contributed by atoms with E-state index in [2.05, 4.69) is 10.3 Å². The molecule has 1 aliphatic rings. The first-order valence-electron chi connectivity index (χ1n) is 9.13. The SMILES string of the molecule is COc1ccc(NC(N)=NCC2CC(=O)N(C)C2c2ccccc2)cc1OC. The minimum Gasteiger partial charge on any atom is -0.493 e. The average molecular weight is 382 g/mol. The van der Waals surface area contributed by atoms with E-state index in [1.165, 1.54) is 0 Å². The first-order chi connectivity index (χ1) is 13.5. The molecule has 3 rings (SSSR count). The summed E-state index contributed by atoms with van der Waals surface area (Å²) < 4.78 is 10.5. The number of rotatable bonds is 6.